The second kappa shape index (κ2) is 4.84. The van der Waals surface area contributed by atoms with Crippen molar-refractivity contribution in [3.8, 4) is 0 Å². The van der Waals surface area contributed by atoms with Gasteiger partial charge < -0.3 is 4.74 Å². The maximum Gasteiger partial charge on any atom is 0.416 e. The lowest BCUT2D eigenvalue weighted by Crippen LogP contribution is -2.36. The van der Waals surface area contributed by atoms with E-state index >= 15 is 0 Å². The van der Waals surface area contributed by atoms with Crippen molar-refractivity contribution in [2.75, 3.05) is 6.61 Å². The first-order valence-corrected chi connectivity index (χ1v) is 5.81. The van der Waals surface area contributed by atoms with Crippen molar-refractivity contribution in [1.29, 1.82) is 0 Å². The van der Waals surface area contributed by atoms with Gasteiger partial charge in [-0.3, -0.25) is 4.79 Å². The maximum absolute atomic E-state index is 12.5. The molecule has 0 bridgehead atoms. The van der Waals surface area contributed by atoms with E-state index < -0.39 is 28.0 Å². The standard InChI is InChI=1S/C11H12BrF3O2/c1-3-17-9(16)8-5-4-7(11(13,14)15)6-10(8,2)12/h4-6,8H,3H2,1-2H3. The summed E-state index contributed by atoms with van der Waals surface area (Å²) in [5, 5.41) is 0. The molecule has 0 heterocycles. The van der Waals surface area contributed by atoms with Crippen LogP contribution in [0.4, 0.5) is 13.2 Å². The molecule has 0 aliphatic heterocycles. The Labute approximate surface area is 106 Å². The largest absolute Gasteiger partial charge is 0.465 e. The quantitative estimate of drug-likeness (QED) is 0.577. The predicted octanol–water partition coefficient (Wildman–Crippen LogP) is 3.38. The number of carbonyl (C=O) groups is 1. The number of alkyl halides is 4. The summed E-state index contributed by atoms with van der Waals surface area (Å²) in [7, 11) is 0. The molecular formula is C11H12BrF3O2. The van der Waals surface area contributed by atoms with Gasteiger partial charge in [-0.25, -0.2) is 0 Å². The lowest BCUT2D eigenvalue weighted by Gasteiger charge is -2.30. The fraction of sp³-hybridized carbons (Fsp3) is 0.545. The first-order valence-electron chi connectivity index (χ1n) is 5.02. The molecule has 1 rings (SSSR count). The second-order valence-corrected chi connectivity index (χ2v) is 5.55. The lowest BCUT2D eigenvalue weighted by atomic mass is 9.86. The number of allylic oxidation sites excluding steroid dienone is 3. The Morgan fingerprint density at radius 2 is 2.18 bits per heavy atom. The van der Waals surface area contributed by atoms with Crippen molar-refractivity contribution in [2.45, 2.75) is 24.3 Å². The van der Waals surface area contributed by atoms with Crippen LogP contribution < -0.4 is 0 Å². The van der Waals surface area contributed by atoms with Gasteiger partial charge in [0.1, 0.15) is 0 Å². The summed E-state index contributed by atoms with van der Waals surface area (Å²) >= 11 is 3.13. The summed E-state index contributed by atoms with van der Waals surface area (Å²) in [5.41, 5.74) is -0.766. The molecule has 2 unspecified atom stereocenters. The molecule has 1 aliphatic carbocycles. The molecule has 0 saturated carbocycles. The van der Waals surface area contributed by atoms with Gasteiger partial charge in [0.05, 0.1) is 22.4 Å². The third kappa shape index (κ3) is 3.34. The van der Waals surface area contributed by atoms with E-state index in [1.807, 2.05) is 0 Å². The topological polar surface area (TPSA) is 26.3 Å². The van der Waals surface area contributed by atoms with Crippen molar-refractivity contribution < 1.29 is 22.7 Å². The van der Waals surface area contributed by atoms with Gasteiger partial charge in [0.2, 0.25) is 0 Å². The van der Waals surface area contributed by atoms with Crippen molar-refractivity contribution >= 4 is 21.9 Å². The molecule has 0 amide bonds. The summed E-state index contributed by atoms with van der Waals surface area (Å²) in [6, 6.07) is 0. The number of hydrogen-bond acceptors (Lipinski definition) is 2. The number of esters is 1. The van der Waals surface area contributed by atoms with E-state index in [1.165, 1.54) is 13.0 Å². The van der Waals surface area contributed by atoms with Crippen molar-refractivity contribution in [2.24, 2.45) is 5.92 Å². The van der Waals surface area contributed by atoms with Crippen LogP contribution in [0, 0.1) is 5.92 Å². The highest BCUT2D eigenvalue weighted by Gasteiger charge is 2.42. The average molecular weight is 313 g/mol. The van der Waals surface area contributed by atoms with E-state index in [0.717, 1.165) is 12.2 Å². The van der Waals surface area contributed by atoms with Crippen LogP contribution in [0.25, 0.3) is 0 Å². The second-order valence-electron chi connectivity index (χ2n) is 3.84. The van der Waals surface area contributed by atoms with Gasteiger partial charge in [-0.1, -0.05) is 34.2 Å². The third-order valence-electron chi connectivity index (χ3n) is 2.38. The minimum atomic E-state index is -4.41. The Kier molecular flexibility index (Phi) is 4.06. The minimum absolute atomic E-state index is 0.197. The van der Waals surface area contributed by atoms with E-state index in [-0.39, 0.29) is 6.61 Å². The zero-order chi connectivity index (χ0) is 13.3. The fourth-order valence-electron chi connectivity index (χ4n) is 1.55. The summed E-state index contributed by atoms with van der Waals surface area (Å²) < 4.78 is 41.2. The van der Waals surface area contributed by atoms with Gasteiger partial charge in [0, 0.05) is 0 Å². The zero-order valence-electron chi connectivity index (χ0n) is 9.34. The monoisotopic (exact) mass is 312 g/mol. The molecule has 2 nitrogen and oxygen atoms in total. The molecule has 0 aromatic carbocycles. The molecule has 0 radical (unpaired) electrons. The van der Waals surface area contributed by atoms with Crippen LogP contribution in [0.5, 0.6) is 0 Å². The first kappa shape index (κ1) is 14.3. The van der Waals surface area contributed by atoms with Gasteiger partial charge in [0.25, 0.3) is 0 Å². The molecule has 96 valence electrons. The predicted molar refractivity (Wildman–Crippen MR) is 60.7 cm³/mol. The van der Waals surface area contributed by atoms with Crippen LogP contribution in [0.3, 0.4) is 0 Å². The van der Waals surface area contributed by atoms with Crippen molar-refractivity contribution in [3.63, 3.8) is 0 Å². The fourth-order valence-corrected chi connectivity index (χ4v) is 2.13. The molecule has 0 N–H and O–H groups in total. The number of rotatable bonds is 2. The van der Waals surface area contributed by atoms with Crippen LogP contribution in [0.15, 0.2) is 23.8 Å². The van der Waals surface area contributed by atoms with E-state index in [2.05, 4.69) is 15.9 Å². The van der Waals surface area contributed by atoms with Crippen LogP contribution in [-0.4, -0.2) is 23.1 Å². The Hall–Kier alpha value is -0.780. The molecule has 0 saturated heterocycles. The Morgan fingerprint density at radius 3 is 2.59 bits per heavy atom. The van der Waals surface area contributed by atoms with Gasteiger partial charge in [-0.05, 0) is 13.8 Å². The summed E-state index contributed by atoms with van der Waals surface area (Å²) in [6.45, 7) is 3.35. The van der Waals surface area contributed by atoms with Crippen LogP contribution in [0.2, 0.25) is 0 Å². The highest BCUT2D eigenvalue weighted by atomic mass is 79.9. The number of hydrogen-bond donors (Lipinski definition) is 0. The molecule has 0 aromatic heterocycles. The molecule has 1 aliphatic rings. The maximum atomic E-state index is 12.5. The molecule has 17 heavy (non-hydrogen) atoms. The van der Waals surface area contributed by atoms with Crippen molar-refractivity contribution in [3.05, 3.63) is 23.8 Å². The van der Waals surface area contributed by atoms with Gasteiger partial charge in [-0.15, -0.1) is 0 Å². The number of carbonyl (C=O) groups excluding carboxylic acids is 1. The molecule has 0 aromatic rings. The molecular weight excluding hydrogens is 301 g/mol. The lowest BCUT2D eigenvalue weighted by molar-refractivity contribution is -0.146. The highest BCUT2D eigenvalue weighted by Crippen LogP contribution is 2.40. The first-order chi connectivity index (χ1) is 7.68. The molecule has 0 fully saturated rings. The molecule has 6 heteroatoms. The van der Waals surface area contributed by atoms with Gasteiger partial charge in [-0.2, -0.15) is 13.2 Å². The highest BCUT2D eigenvalue weighted by molar-refractivity contribution is 9.10. The molecule has 0 spiro atoms. The van der Waals surface area contributed by atoms with Crippen LogP contribution in [-0.2, 0) is 9.53 Å². The Morgan fingerprint density at radius 1 is 1.59 bits per heavy atom. The zero-order valence-corrected chi connectivity index (χ0v) is 10.9. The number of ether oxygens (including phenoxy) is 1. The van der Waals surface area contributed by atoms with Crippen LogP contribution in [0.1, 0.15) is 13.8 Å². The van der Waals surface area contributed by atoms with E-state index in [0.29, 0.717) is 0 Å². The summed E-state index contributed by atoms with van der Waals surface area (Å²) in [5.74, 6) is -1.30. The summed E-state index contributed by atoms with van der Waals surface area (Å²) in [4.78, 5) is 11.6. The van der Waals surface area contributed by atoms with Crippen LogP contribution >= 0.6 is 15.9 Å². The van der Waals surface area contributed by atoms with E-state index in [4.69, 9.17) is 4.74 Å². The number of halogens is 4. The van der Waals surface area contributed by atoms with Gasteiger partial charge >= 0.3 is 12.1 Å². The average Bonchev–Trinajstić information content (AvgIpc) is 2.14. The van der Waals surface area contributed by atoms with E-state index in [1.54, 1.807) is 6.92 Å². The molecule has 2 atom stereocenters. The smallest absolute Gasteiger partial charge is 0.416 e. The summed E-state index contributed by atoms with van der Waals surface area (Å²) in [6.07, 6.45) is -1.29. The normalized spacial score (nSPS) is 28.8. The van der Waals surface area contributed by atoms with Crippen molar-refractivity contribution in [1.82, 2.24) is 0 Å². The Bertz CT molecular complexity index is 369. The minimum Gasteiger partial charge on any atom is -0.465 e. The van der Waals surface area contributed by atoms with E-state index in [9.17, 15) is 18.0 Å². The van der Waals surface area contributed by atoms with Gasteiger partial charge in [0.15, 0.2) is 0 Å². The Balaban J connectivity index is 2.96. The SMILES string of the molecule is CCOC(=O)C1C=CC(C(F)(F)F)=CC1(C)Br. The third-order valence-corrected chi connectivity index (χ3v) is 3.10.